The van der Waals surface area contributed by atoms with Gasteiger partial charge in [0.1, 0.15) is 11.3 Å². The van der Waals surface area contributed by atoms with E-state index in [0.29, 0.717) is 16.9 Å². The first-order chi connectivity index (χ1) is 14.4. The zero-order valence-electron chi connectivity index (χ0n) is 17.4. The second kappa shape index (κ2) is 7.59. The molecule has 1 aliphatic carbocycles. The Balaban J connectivity index is 2.24. The lowest BCUT2D eigenvalue weighted by molar-refractivity contribution is 0.0697. The molecule has 5 heteroatoms. The first kappa shape index (κ1) is 19.6. The third kappa shape index (κ3) is 3.18. The van der Waals surface area contributed by atoms with Gasteiger partial charge in [-0.1, -0.05) is 18.2 Å². The minimum Gasteiger partial charge on any atom is -0.478 e. The summed E-state index contributed by atoms with van der Waals surface area (Å²) in [5.41, 5.74) is 6.05. The smallest absolute Gasteiger partial charge is 0.336 e. The summed E-state index contributed by atoms with van der Waals surface area (Å²) in [5, 5.41) is 11.5. The summed E-state index contributed by atoms with van der Waals surface area (Å²) in [6.07, 6.45) is 1.74. The van der Waals surface area contributed by atoms with Crippen molar-refractivity contribution in [1.82, 2.24) is 0 Å². The van der Waals surface area contributed by atoms with Crippen molar-refractivity contribution in [2.75, 3.05) is 7.05 Å². The maximum absolute atomic E-state index is 12.0. The Kier molecular flexibility index (Phi) is 4.96. The molecular weight excluding hydrogens is 376 g/mol. The molecule has 0 unspecified atom stereocenters. The summed E-state index contributed by atoms with van der Waals surface area (Å²) in [7, 11) is 1.74. The largest absolute Gasteiger partial charge is 0.478 e. The van der Waals surface area contributed by atoms with E-state index in [0.717, 1.165) is 38.7 Å². The van der Waals surface area contributed by atoms with E-state index in [-0.39, 0.29) is 5.56 Å². The van der Waals surface area contributed by atoms with E-state index >= 15 is 0 Å². The van der Waals surface area contributed by atoms with Crippen molar-refractivity contribution in [3.63, 3.8) is 0 Å². The molecule has 1 N–H and O–H groups in total. The number of fused-ring (bicyclic) bond motifs is 2. The number of aryl methyl sites for hydroxylation is 2. The third-order valence-electron chi connectivity index (χ3n) is 5.29. The molecule has 5 nitrogen and oxygen atoms in total. The first-order valence-corrected chi connectivity index (χ1v) is 9.70. The van der Waals surface area contributed by atoms with Crippen molar-refractivity contribution in [2.24, 2.45) is 9.98 Å². The lowest BCUT2D eigenvalue weighted by Gasteiger charge is -2.18. The lowest BCUT2D eigenvalue weighted by Crippen LogP contribution is -2.08. The maximum Gasteiger partial charge on any atom is 0.336 e. The highest BCUT2D eigenvalue weighted by Gasteiger charge is 2.22. The quantitative estimate of drug-likeness (QED) is 0.351. The zero-order valence-corrected chi connectivity index (χ0v) is 17.4. The van der Waals surface area contributed by atoms with E-state index in [1.165, 1.54) is 0 Å². The highest BCUT2D eigenvalue weighted by atomic mass is 16.4. The zero-order chi connectivity index (χ0) is 21.4. The van der Waals surface area contributed by atoms with Gasteiger partial charge in [0.05, 0.1) is 16.6 Å². The topological polar surface area (TPSA) is 75.2 Å². The van der Waals surface area contributed by atoms with Crippen LogP contribution in [0.4, 0.5) is 5.69 Å². The summed E-state index contributed by atoms with van der Waals surface area (Å²) >= 11 is 0. The predicted molar refractivity (Wildman–Crippen MR) is 120 cm³/mol. The van der Waals surface area contributed by atoms with Gasteiger partial charge in [0.2, 0.25) is 0 Å². The molecule has 0 aromatic heterocycles. The van der Waals surface area contributed by atoms with E-state index in [9.17, 15) is 9.90 Å². The first-order valence-electron chi connectivity index (χ1n) is 9.70. The predicted octanol–water partition coefficient (Wildman–Crippen LogP) is 5.77. The number of carboxylic acid groups (broad SMARTS) is 1. The Morgan fingerprint density at radius 2 is 1.80 bits per heavy atom. The Morgan fingerprint density at radius 3 is 2.50 bits per heavy atom. The number of aliphatic imine (C=N–C) groups is 1. The molecule has 2 aromatic rings. The van der Waals surface area contributed by atoms with Gasteiger partial charge in [-0.2, -0.15) is 0 Å². The van der Waals surface area contributed by atoms with Crippen LogP contribution in [0, 0.1) is 13.8 Å². The molecule has 0 saturated heterocycles. The number of aromatic carboxylic acids is 1. The van der Waals surface area contributed by atoms with Crippen LogP contribution in [0.1, 0.15) is 28.4 Å². The lowest BCUT2D eigenvalue weighted by atomic mass is 9.89. The number of hydrogen-bond acceptors (Lipinski definition) is 4. The number of hydrogen-bond donors (Lipinski definition) is 1. The molecule has 4 rings (SSSR count). The SMILES string of the molecule is CC=Nc1cc2oc3cc(=NC)c(C)cc-3c(-c3ccccc3C(=O)O)c2cc1C. The van der Waals surface area contributed by atoms with Gasteiger partial charge >= 0.3 is 5.97 Å². The summed E-state index contributed by atoms with van der Waals surface area (Å²) < 4.78 is 6.27. The average molecular weight is 398 g/mol. The second-order valence-electron chi connectivity index (χ2n) is 7.21. The van der Waals surface area contributed by atoms with Crippen LogP contribution in [0.3, 0.4) is 0 Å². The van der Waals surface area contributed by atoms with E-state index in [2.05, 4.69) is 9.98 Å². The average Bonchev–Trinajstić information content (AvgIpc) is 2.73. The van der Waals surface area contributed by atoms with Gasteiger partial charge in [-0.3, -0.25) is 9.98 Å². The maximum atomic E-state index is 12.0. The third-order valence-corrected chi connectivity index (χ3v) is 5.29. The summed E-state index contributed by atoms with van der Waals surface area (Å²) in [5.74, 6) is -0.312. The molecule has 0 atom stereocenters. The highest BCUT2D eigenvalue weighted by Crippen LogP contribution is 2.43. The number of benzene rings is 3. The van der Waals surface area contributed by atoms with E-state index < -0.39 is 5.97 Å². The fraction of sp³-hybridized carbons (Fsp3) is 0.160. The standard InChI is InChI=1S/C25H22N2O3/c1-5-27-21-13-23-19(11-15(21)3)24(16-8-6-7-9-17(16)25(28)29)18-10-14(2)20(26-4)12-22(18)30-23/h5-13H,1-4H3,(H,28,29). The molecule has 0 saturated carbocycles. The van der Waals surface area contributed by atoms with Crippen LogP contribution in [0.25, 0.3) is 33.4 Å². The fourth-order valence-electron chi connectivity index (χ4n) is 3.87. The molecule has 0 spiro atoms. The molecular formula is C25H22N2O3. The molecule has 0 fully saturated rings. The minimum absolute atomic E-state index is 0.251. The van der Waals surface area contributed by atoms with Crippen molar-refractivity contribution < 1.29 is 14.3 Å². The van der Waals surface area contributed by atoms with Crippen LogP contribution >= 0.6 is 0 Å². The van der Waals surface area contributed by atoms with E-state index in [1.807, 2.05) is 57.2 Å². The molecule has 1 aliphatic heterocycles. The van der Waals surface area contributed by atoms with Gasteiger partial charge < -0.3 is 9.52 Å². The van der Waals surface area contributed by atoms with E-state index in [4.69, 9.17) is 4.42 Å². The van der Waals surface area contributed by atoms with Crippen molar-refractivity contribution in [3.05, 3.63) is 70.6 Å². The Hall–Kier alpha value is -3.73. The van der Waals surface area contributed by atoms with Crippen LogP contribution in [0.15, 0.2) is 62.9 Å². The molecule has 2 aliphatic rings. The van der Waals surface area contributed by atoms with Crippen molar-refractivity contribution in [3.8, 4) is 22.5 Å². The fourth-order valence-corrected chi connectivity index (χ4v) is 3.87. The van der Waals surface area contributed by atoms with Gasteiger partial charge in [-0.05, 0) is 55.7 Å². The van der Waals surface area contributed by atoms with E-state index in [1.54, 1.807) is 25.4 Å². The van der Waals surface area contributed by atoms with Crippen LogP contribution in [-0.4, -0.2) is 24.3 Å². The monoisotopic (exact) mass is 398 g/mol. The van der Waals surface area contributed by atoms with Crippen molar-refractivity contribution >= 4 is 28.8 Å². The Labute approximate surface area is 174 Å². The van der Waals surface area contributed by atoms with Gasteiger partial charge in [0, 0.05) is 41.9 Å². The number of rotatable bonds is 3. The van der Waals surface area contributed by atoms with Crippen molar-refractivity contribution in [1.29, 1.82) is 0 Å². The number of nitrogens with zero attached hydrogens (tertiary/aromatic N) is 2. The Morgan fingerprint density at radius 1 is 1.03 bits per heavy atom. The minimum atomic E-state index is -0.964. The molecule has 0 amide bonds. The molecule has 150 valence electrons. The number of carbonyl (C=O) groups is 1. The highest BCUT2D eigenvalue weighted by molar-refractivity contribution is 6.08. The number of carboxylic acids is 1. The normalized spacial score (nSPS) is 12.3. The summed E-state index contributed by atoms with van der Waals surface area (Å²) in [6, 6.07) is 14.9. The van der Waals surface area contributed by atoms with Crippen LogP contribution < -0.4 is 5.36 Å². The molecule has 2 aromatic carbocycles. The molecule has 1 heterocycles. The molecule has 0 radical (unpaired) electrons. The molecule has 30 heavy (non-hydrogen) atoms. The van der Waals surface area contributed by atoms with Gasteiger partial charge in [-0.25, -0.2) is 4.79 Å². The second-order valence-corrected chi connectivity index (χ2v) is 7.21. The van der Waals surface area contributed by atoms with Crippen LogP contribution in [0.5, 0.6) is 0 Å². The van der Waals surface area contributed by atoms with Crippen LogP contribution in [-0.2, 0) is 0 Å². The van der Waals surface area contributed by atoms with Gasteiger partial charge in [0.25, 0.3) is 0 Å². The summed E-state index contributed by atoms with van der Waals surface area (Å²) in [4.78, 5) is 20.8. The van der Waals surface area contributed by atoms with Crippen molar-refractivity contribution in [2.45, 2.75) is 20.8 Å². The Bertz CT molecular complexity index is 1360. The van der Waals surface area contributed by atoms with Gasteiger partial charge in [0.15, 0.2) is 0 Å². The van der Waals surface area contributed by atoms with Crippen LogP contribution in [0.2, 0.25) is 0 Å². The summed E-state index contributed by atoms with van der Waals surface area (Å²) in [6.45, 7) is 5.85. The molecule has 0 bridgehead atoms. The van der Waals surface area contributed by atoms with Gasteiger partial charge in [-0.15, -0.1) is 0 Å².